The molecule has 0 saturated heterocycles. The number of allylic oxidation sites excluding steroid dienone is 3. The van der Waals surface area contributed by atoms with Crippen molar-refractivity contribution in [3.63, 3.8) is 0 Å². The van der Waals surface area contributed by atoms with Crippen LogP contribution in [0.15, 0.2) is 163 Å². The van der Waals surface area contributed by atoms with Gasteiger partial charge in [-0.3, -0.25) is 0 Å². The molecule has 0 aliphatic heterocycles. The molecule has 5 rings (SSSR count). The van der Waals surface area contributed by atoms with Crippen molar-refractivity contribution in [1.82, 2.24) is 0 Å². The van der Waals surface area contributed by atoms with Gasteiger partial charge < -0.3 is 9.80 Å². The summed E-state index contributed by atoms with van der Waals surface area (Å²) in [5.74, 6) is 0. The van der Waals surface area contributed by atoms with E-state index >= 15 is 0 Å². The molecular weight excluding hydrogens is 484 g/mol. The predicted octanol–water partition coefficient (Wildman–Crippen LogP) is 11.5. The van der Waals surface area contributed by atoms with Gasteiger partial charge in [-0.05, 0) is 91.7 Å². The molecule has 0 N–H and O–H groups in total. The Bertz CT molecular complexity index is 1450. The molecule has 0 aliphatic rings. The van der Waals surface area contributed by atoms with Gasteiger partial charge in [-0.25, -0.2) is 0 Å². The molecule has 0 aromatic heterocycles. The molecule has 0 heterocycles. The molecule has 0 fully saturated rings. The van der Waals surface area contributed by atoms with Gasteiger partial charge in [0.1, 0.15) is 0 Å². The molecule has 0 unspecified atom stereocenters. The lowest BCUT2D eigenvalue weighted by molar-refractivity contribution is 1.20. The smallest absolute Gasteiger partial charge is 0.0462 e. The zero-order chi connectivity index (χ0) is 28.2. The first-order valence-electron chi connectivity index (χ1n) is 14.0. The van der Waals surface area contributed by atoms with Gasteiger partial charge in [0.05, 0.1) is 0 Å². The molecule has 0 bridgehead atoms. The van der Waals surface area contributed by atoms with E-state index < -0.39 is 0 Å². The summed E-state index contributed by atoms with van der Waals surface area (Å²) in [4.78, 5) is 4.56. The molecule has 0 radical (unpaired) electrons. The summed E-state index contributed by atoms with van der Waals surface area (Å²) < 4.78 is 0. The molecule has 0 aliphatic carbocycles. The van der Waals surface area contributed by atoms with Crippen LogP contribution in [0, 0.1) is 0 Å². The van der Waals surface area contributed by atoms with Crippen LogP contribution in [0.5, 0.6) is 0 Å². The third kappa shape index (κ3) is 6.59. The van der Waals surface area contributed by atoms with Gasteiger partial charge in [-0.2, -0.15) is 0 Å². The first-order chi connectivity index (χ1) is 19.8. The van der Waals surface area contributed by atoms with Gasteiger partial charge in [0.2, 0.25) is 0 Å². The predicted molar refractivity (Wildman–Crippen MR) is 175 cm³/mol. The van der Waals surface area contributed by atoms with Crippen molar-refractivity contribution in [2.75, 3.05) is 9.80 Å². The molecule has 0 saturated carbocycles. The summed E-state index contributed by atoms with van der Waals surface area (Å²) in [5, 5.41) is 0. The lowest BCUT2D eigenvalue weighted by Crippen LogP contribution is -2.14. The zero-order valence-corrected chi connectivity index (χ0v) is 23.9. The average Bonchev–Trinajstić information content (AvgIpc) is 3.04. The first kappa shape index (κ1) is 28.2. The van der Waals surface area contributed by atoms with Gasteiger partial charge in [0.25, 0.3) is 0 Å². The van der Waals surface area contributed by atoms with E-state index in [1.165, 1.54) is 11.1 Å². The maximum atomic E-state index is 2.28. The van der Waals surface area contributed by atoms with Crippen LogP contribution in [0.1, 0.15) is 27.7 Å². The first-order valence-corrected chi connectivity index (χ1v) is 14.0. The lowest BCUT2D eigenvalue weighted by Gasteiger charge is -2.26. The number of anilines is 5. The number of hydrogen-bond acceptors (Lipinski definition) is 2. The van der Waals surface area contributed by atoms with Gasteiger partial charge in [0.15, 0.2) is 0 Å². The largest absolute Gasteiger partial charge is 0.311 e. The highest BCUT2D eigenvalue weighted by Crippen LogP contribution is 2.36. The number of rotatable bonds is 8. The second-order valence-corrected chi connectivity index (χ2v) is 8.98. The van der Waals surface area contributed by atoms with Crippen LogP contribution in [0.4, 0.5) is 28.4 Å². The highest BCUT2D eigenvalue weighted by molar-refractivity contribution is 5.79. The fourth-order valence-electron chi connectivity index (χ4n) is 4.70. The Balaban J connectivity index is 0.00000181. The van der Waals surface area contributed by atoms with E-state index in [2.05, 4.69) is 181 Å². The summed E-state index contributed by atoms with van der Waals surface area (Å²) in [6.07, 6.45) is 6.37. The normalized spacial score (nSPS) is 11.1. The fourth-order valence-corrected chi connectivity index (χ4v) is 4.70. The van der Waals surface area contributed by atoms with Gasteiger partial charge in [-0.1, -0.05) is 105 Å². The molecule has 0 amide bonds. The molecule has 0 atom stereocenters. The van der Waals surface area contributed by atoms with E-state index in [-0.39, 0.29) is 0 Å². The second kappa shape index (κ2) is 14.4. The van der Waals surface area contributed by atoms with Crippen molar-refractivity contribution in [3.05, 3.63) is 163 Å². The summed E-state index contributed by atoms with van der Waals surface area (Å²) in [5.41, 5.74) is 9.18. The summed E-state index contributed by atoms with van der Waals surface area (Å²) in [7, 11) is 0. The Morgan fingerprint density at radius 3 is 1.20 bits per heavy atom. The maximum absolute atomic E-state index is 2.28. The van der Waals surface area contributed by atoms with E-state index in [9.17, 15) is 0 Å². The van der Waals surface area contributed by atoms with Gasteiger partial charge in [-0.15, -0.1) is 0 Å². The van der Waals surface area contributed by atoms with E-state index in [4.69, 9.17) is 0 Å². The quantitative estimate of drug-likeness (QED) is 0.187. The Kier molecular flexibility index (Phi) is 10.1. The standard InChI is InChI=1S/C36H32N2.C2H6/c1-3-14-31(4-2)37(32-15-8-5-9-16-32)35-25-21-29(22-26-35)30-23-27-36(28-24-30)38(33-17-10-6-11-18-33)34-19-12-7-13-20-34;1-2/h3-28H,1-2H3;1-2H3/b14-3-,31-4+;. The van der Waals surface area contributed by atoms with Crippen molar-refractivity contribution in [3.8, 4) is 11.1 Å². The summed E-state index contributed by atoms with van der Waals surface area (Å²) in [6, 6.07) is 49.1. The van der Waals surface area contributed by atoms with E-state index in [1.54, 1.807) is 0 Å². The molecule has 5 aromatic carbocycles. The van der Waals surface area contributed by atoms with E-state index in [0.717, 1.165) is 34.1 Å². The number of hydrogen-bond donors (Lipinski definition) is 0. The maximum Gasteiger partial charge on any atom is 0.0462 e. The van der Waals surface area contributed by atoms with Crippen LogP contribution >= 0.6 is 0 Å². The van der Waals surface area contributed by atoms with Crippen molar-refractivity contribution >= 4 is 28.4 Å². The minimum absolute atomic E-state index is 1.13. The van der Waals surface area contributed by atoms with Crippen LogP contribution < -0.4 is 9.80 Å². The number of benzene rings is 5. The van der Waals surface area contributed by atoms with E-state index in [1.807, 2.05) is 13.8 Å². The van der Waals surface area contributed by atoms with Crippen molar-refractivity contribution < 1.29 is 0 Å². The lowest BCUT2D eigenvalue weighted by atomic mass is 10.0. The zero-order valence-electron chi connectivity index (χ0n) is 23.9. The molecule has 200 valence electrons. The average molecular weight is 523 g/mol. The minimum atomic E-state index is 1.13. The Hall–Kier alpha value is -4.82. The fraction of sp³-hybridized carbons (Fsp3) is 0.105. The minimum Gasteiger partial charge on any atom is -0.311 e. The highest BCUT2D eigenvalue weighted by atomic mass is 15.1. The Morgan fingerprint density at radius 2 is 0.800 bits per heavy atom. The SMILES string of the molecule is C/C=C\C(=C/C)N(c1ccccc1)c1ccc(-c2ccc(N(c3ccccc3)c3ccccc3)cc2)cc1.CC. The van der Waals surface area contributed by atoms with Crippen molar-refractivity contribution in [1.29, 1.82) is 0 Å². The Morgan fingerprint density at radius 1 is 0.450 bits per heavy atom. The van der Waals surface area contributed by atoms with Crippen LogP contribution in [0.2, 0.25) is 0 Å². The van der Waals surface area contributed by atoms with Crippen LogP contribution in [0.3, 0.4) is 0 Å². The molecule has 0 spiro atoms. The molecule has 2 heteroatoms. The van der Waals surface area contributed by atoms with Gasteiger partial charge >= 0.3 is 0 Å². The van der Waals surface area contributed by atoms with Crippen LogP contribution in [0.25, 0.3) is 11.1 Å². The monoisotopic (exact) mass is 522 g/mol. The summed E-state index contributed by atoms with van der Waals surface area (Å²) >= 11 is 0. The highest BCUT2D eigenvalue weighted by Gasteiger charge is 2.14. The van der Waals surface area contributed by atoms with Crippen LogP contribution in [-0.4, -0.2) is 0 Å². The molecular formula is C38H38N2. The third-order valence-corrected chi connectivity index (χ3v) is 6.52. The van der Waals surface area contributed by atoms with E-state index in [0.29, 0.717) is 0 Å². The number of nitrogens with zero attached hydrogens (tertiary/aromatic N) is 2. The molecule has 2 nitrogen and oxygen atoms in total. The third-order valence-electron chi connectivity index (χ3n) is 6.52. The van der Waals surface area contributed by atoms with Gasteiger partial charge in [0, 0.05) is 34.1 Å². The summed E-state index contributed by atoms with van der Waals surface area (Å²) in [6.45, 7) is 8.13. The Labute approximate surface area is 240 Å². The van der Waals surface area contributed by atoms with Crippen LogP contribution in [-0.2, 0) is 0 Å². The number of para-hydroxylation sites is 3. The second-order valence-electron chi connectivity index (χ2n) is 8.98. The topological polar surface area (TPSA) is 6.48 Å². The van der Waals surface area contributed by atoms with Crippen molar-refractivity contribution in [2.24, 2.45) is 0 Å². The molecule has 40 heavy (non-hydrogen) atoms. The van der Waals surface area contributed by atoms with Crippen molar-refractivity contribution in [2.45, 2.75) is 27.7 Å². The molecule has 5 aromatic rings.